The summed E-state index contributed by atoms with van der Waals surface area (Å²) in [7, 11) is 1.88. The zero-order valence-electron chi connectivity index (χ0n) is 25.4. The lowest BCUT2D eigenvalue weighted by Crippen LogP contribution is -2.49. The highest BCUT2D eigenvalue weighted by Crippen LogP contribution is 2.33. The lowest BCUT2D eigenvalue weighted by atomic mass is 9.90. The SMILES string of the molecule is Cc1nc(C)c(-c2nc(N[C@H]3CC[C@H](N(C(=O)NCc4ccccc4)c4ccc(-c5cnn(C)c5)cn4)CC3)ncc2C#N)s1. The van der Waals surface area contributed by atoms with Crippen LogP contribution in [0.1, 0.15) is 47.5 Å². The average Bonchev–Trinajstić information content (AvgIpc) is 3.65. The van der Waals surface area contributed by atoms with Crippen molar-refractivity contribution in [2.75, 3.05) is 10.2 Å². The van der Waals surface area contributed by atoms with Gasteiger partial charge >= 0.3 is 6.03 Å². The molecule has 0 saturated heterocycles. The van der Waals surface area contributed by atoms with Gasteiger partial charge in [0, 0.05) is 49.2 Å². The number of anilines is 2. The number of carbonyl (C=O) groups is 1. The molecule has 1 aliphatic rings. The molecule has 4 heterocycles. The third kappa shape index (κ3) is 6.84. The summed E-state index contributed by atoms with van der Waals surface area (Å²) in [5.41, 5.74) is 4.83. The molecular formula is C33H34N10OS. The van der Waals surface area contributed by atoms with E-state index in [1.54, 1.807) is 28.2 Å². The van der Waals surface area contributed by atoms with Crippen molar-refractivity contribution in [1.82, 2.24) is 35.0 Å². The molecule has 0 radical (unpaired) electrons. The first-order chi connectivity index (χ1) is 21.9. The second kappa shape index (κ2) is 13.2. The van der Waals surface area contributed by atoms with E-state index in [1.807, 2.05) is 69.6 Å². The Balaban J connectivity index is 1.17. The first-order valence-corrected chi connectivity index (χ1v) is 15.7. The molecule has 6 rings (SSSR count). The van der Waals surface area contributed by atoms with Crippen LogP contribution >= 0.6 is 11.3 Å². The molecule has 45 heavy (non-hydrogen) atoms. The van der Waals surface area contributed by atoms with Crippen molar-refractivity contribution in [2.45, 2.75) is 58.2 Å². The van der Waals surface area contributed by atoms with Crippen molar-refractivity contribution in [3.05, 3.63) is 89.1 Å². The van der Waals surface area contributed by atoms with E-state index in [1.165, 1.54) is 11.3 Å². The summed E-state index contributed by atoms with van der Waals surface area (Å²) < 4.78 is 1.75. The van der Waals surface area contributed by atoms with Gasteiger partial charge in [-0.3, -0.25) is 9.58 Å². The molecule has 1 aliphatic carbocycles. The number of nitrogens with zero attached hydrogens (tertiary/aromatic N) is 8. The molecule has 0 unspecified atom stereocenters. The molecule has 1 saturated carbocycles. The van der Waals surface area contributed by atoms with Gasteiger partial charge in [-0.05, 0) is 57.2 Å². The van der Waals surface area contributed by atoms with Crippen LogP contribution in [0.5, 0.6) is 0 Å². The summed E-state index contributed by atoms with van der Waals surface area (Å²) in [4.78, 5) is 34.8. The number of aryl methyl sites for hydroxylation is 3. The Morgan fingerprint density at radius 1 is 1.02 bits per heavy atom. The number of aromatic nitrogens is 6. The lowest BCUT2D eigenvalue weighted by Gasteiger charge is -2.36. The number of rotatable bonds is 8. The second-order valence-corrected chi connectivity index (χ2v) is 12.4. The van der Waals surface area contributed by atoms with Gasteiger partial charge in [-0.15, -0.1) is 11.3 Å². The van der Waals surface area contributed by atoms with Crippen molar-refractivity contribution in [2.24, 2.45) is 7.05 Å². The number of nitriles is 1. The molecule has 0 atom stereocenters. The maximum absolute atomic E-state index is 13.7. The van der Waals surface area contributed by atoms with Crippen molar-refractivity contribution in [1.29, 1.82) is 5.26 Å². The number of carbonyl (C=O) groups excluding carboxylic acids is 1. The molecule has 228 valence electrons. The molecule has 1 aromatic carbocycles. The fraction of sp³-hybridized carbons (Fsp3) is 0.303. The van der Waals surface area contributed by atoms with E-state index in [4.69, 9.17) is 9.97 Å². The highest BCUT2D eigenvalue weighted by atomic mass is 32.1. The van der Waals surface area contributed by atoms with Gasteiger partial charge in [0.25, 0.3) is 0 Å². The van der Waals surface area contributed by atoms with Crippen molar-refractivity contribution >= 4 is 29.1 Å². The van der Waals surface area contributed by atoms with E-state index in [2.05, 4.69) is 31.8 Å². The molecule has 0 spiro atoms. The summed E-state index contributed by atoms with van der Waals surface area (Å²) in [6, 6.07) is 15.9. The van der Waals surface area contributed by atoms with Crippen LogP contribution in [0, 0.1) is 25.2 Å². The Kier molecular flexibility index (Phi) is 8.79. The highest BCUT2D eigenvalue weighted by molar-refractivity contribution is 7.15. The van der Waals surface area contributed by atoms with E-state index >= 15 is 0 Å². The summed E-state index contributed by atoms with van der Waals surface area (Å²) in [6.45, 7) is 4.30. The zero-order valence-corrected chi connectivity index (χ0v) is 26.3. The fourth-order valence-electron chi connectivity index (χ4n) is 5.70. The van der Waals surface area contributed by atoms with E-state index in [9.17, 15) is 10.1 Å². The molecule has 0 aliphatic heterocycles. The molecule has 5 aromatic rings. The summed E-state index contributed by atoms with van der Waals surface area (Å²) >= 11 is 1.53. The van der Waals surface area contributed by atoms with Gasteiger partial charge in [-0.1, -0.05) is 30.3 Å². The summed E-state index contributed by atoms with van der Waals surface area (Å²) in [6.07, 6.45) is 10.3. The molecule has 4 aromatic heterocycles. The van der Waals surface area contributed by atoms with Gasteiger partial charge < -0.3 is 10.6 Å². The summed E-state index contributed by atoms with van der Waals surface area (Å²) in [5, 5.41) is 21.4. The minimum atomic E-state index is -0.174. The second-order valence-electron chi connectivity index (χ2n) is 11.2. The minimum absolute atomic E-state index is 0.0316. The quantitative estimate of drug-likeness (QED) is 0.215. The van der Waals surface area contributed by atoms with Gasteiger partial charge in [0.15, 0.2) is 0 Å². The van der Waals surface area contributed by atoms with Gasteiger partial charge in [0.1, 0.15) is 17.6 Å². The van der Waals surface area contributed by atoms with Gasteiger partial charge in [-0.25, -0.2) is 24.7 Å². The first kappa shape index (κ1) is 29.9. The zero-order chi connectivity index (χ0) is 31.3. The number of amides is 2. The monoisotopic (exact) mass is 618 g/mol. The average molecular weight is 619 g/mol. The van der Waals surface area contributed by atoms with Crippen molar-refractivity contribution in [3.8, 4) is 27.8 Å². The van der Waals surface area contributed by atoms with Gasteiger partial charge in [0.2, 0.25) is 5.95 Å². The largest absolute Gasteiger partial charge is 0.351 e. The Bertz CT molecular complexity index is 1820. The maximum atomic E-state index is 13.7. The van der Waals surface area contributed by atoms with Crippen LogP contribution in [0.15, 0.2) is 67.3 Å². The third-order valence-corrected chi connectivity index (χ3v) is 9.04. The van der Waals surface area contributed by atoms with Crippen LogP contribution < -0.4 is 15.5 Å². The molecule has 1 fully saturated rings. The Hall–Kier alpha value is -5.15. The Morgan fingerprint density at radius 3 is 2.47 bits per heavy atom. The van der Waals surface area contributed by atoms with Crippen molar-refractivity contribution in [3.63, 3.8) is 0 Å². The smallest absolute Gasteiger partial charge is 0.323 e. The fourth-order valence-corrected chi connectivity index (χ4v) is 6.63. The van der Waals surface area contributed by atoms with Gasteiger partial charge in [0.05, 0.1) is 33.5 Å². The van der Waals surface area contributed by atoms with Crippen LogP contribution in [0.25, 0.3) is 21.7 Å². The molecule has 2 amide bonds. The predicted octanol–water partition coefficient (Wildman–Crippen LogP) is 6.02. The number of nitrogens with one attached hydrogen (secondary N) is 2. The molecule has 12 heteroatoms. The maximum Gasteiger partial charge on any atom is 0.323 e. The third-order valence-electron chi connectivity index (χ3n) is 7.96. The van der Waals surface area contributed by atoms with Crippen LogP contribution in [-0.4, -0.2) is 47.8 Å². The number of benzene rings is 1. The molecule has 11 nitrogen and oxygen atoms in total. The number of hydrogen-bond acceptors (Lipinski definition) is 9. The van der Waals surface area contributed by atoms with Crippen LogP contribution in [0.2, 0.25) is 0 Å². The lowest BCUT2D eigenvalue weighted by molar-refractivity contribution is 0.240. The Labute approximate surface area is 266 Å². The number of thiazole rings is 1. The number of pyridine rings is 1. The molecule has 0 bridgehead atoms. The van der Waals surface area contributed by atoms with E-state index in [0.717, 1.165) is 58.0 Å². The Morgan fingerprint density at radius 2 is 1.82 bits per heavy atom. The topological polar surface area (TPSA) is 138 Å². The first-order valence-electron chi connectivity index (χ1n) is 14.9. The van der Waals surface area contributed by atoms with E-state index in [-0.39, 0.29) is 18.1 Å². The number of hydrogen-bond donors (Lipinski definition) is 2. The van der Waals surface area contributed by atoms with E-state index in [0.29, 0.717) is 29.6 Å². The standard InChI is InChI=1S/C33H34N10OS/c1-21-31(45-22(2)39-21)30-25(15-34)18-36-32(41-30)40-27-10-12-28(13-11-27)43(33(44)37-16-23-7-5-4-6-8-23)29-14-9-24(17-35-29)26-19-38-42(3)20-26/h4-9,14,17-20,27-28H,10-13,16H2,1-3H3,(H,37,44)(H,36,40,41)/t27-,28-. The molecular weight excluding hydrogens is 584 g/mol. The number of urea groups is 1. The normalized spacial score (nSPS) is 16.1. The van der Waals surface area contributed by atoms with E-state index < -0.39 is 0 Å². The van der Waals surface area contributed by atoms with Gasteiger partial charge in [-0.2, -0.15) is 10.4 Å². The van der Waals surface area contributed by atoms with Crippen LogP contribution in [0.3, 0.4) is 0 Å². The predicted molar refractivity (Wildman–Crippen MR) is 175 cm³/mol. The van der Waals surface area contributed by atoms with Crippen LogP contribution in [0.4, 0.5) is 16.6 Å². The molecule has 2 N–H and O–H groups in total. The van der Waals surface area contributed by atoms with Crippen LogP contribution in [-0.2, 0) is 13.6 Å². The minimum Gasteiger partial charge on any atom is -0.351 e. The van der Waals surface area contributed by atoms with Crippen molar-refractivity contribution < 1.29 is 4.79 Å². The highest BCUT2D eigenvalue weighted by Gasteiger charge is 2.31. The summed E-state index contributed by atoms with van der Waals surface area (Å²) in [5.74, 6) is 1.10.